The van der Waals surface area contributed by atoms with E-state index in [0.29, 0.717) is 5.92 Å². The van der Waals surface area contributed by atoms with Crippen molar-refractivity contribution < 1.29 is 4.74 Å². The van der Waals surface area contributed by atoms with Gasteiger partial charge in [-0.05, 0) is 25.8 Å². The number of aromatic nitrogens is 1. The molecule has 17 heavy (non-hydrogen) atoms. The Hall–Kier alpha value is -0.450. The molecule has 0 saturated heterocycles. The van der Waals surface area contributed by atoms with Gasteiger partial charge in [-0.25, -0.2) is 4.98 Å². The Kier molecular flexibility index (Phi) is 4.95. The first-order valence-electron chi connectivity index (χ1n) is 6.47. The maximum absolute atomic E-state index is 5.69. The highest BCUT2D eigenvalue weighted by Gasteiger charge is 2.27. The molecule has 2 rings (SSSR count). The molecule has 1 fully saturated rings. The minimum absolute atomic E-state index is 0.214. The van der Waals surface area contributed by atoms with Crippen molar-refractivity contribution in [2.45, 2.75) is 44.8 Å². The lowest BCUT2D eigenvalue weighted by molar-refractivity contribution is 0.0351. The van der Waals surface area contributed by atoms with Gasteiger partial charge in [-0.1, -0.05) is 19.3 Å². The van der Waals surface area contributed by atoms with Crippen LogP contribution in [0.15, 0.2) is 5.38 Å². The number of ether oxygens (including phenoxy) is 1. The number of hydrogen-bond donors (Lipinski definition) is 1. The molecule has 0 radical (unpaired) electrons. The van der Waals surface area contributed by atoms with Crippen LogP contribution in [0, 0.1) is 5.92 Å². The molecule has 1 aliphatic rings. The minimum Gasteiger partial charge on any atom is -0.374 e. The van der Waals surface area contributed by atoms with Crippen molar-refractivity contribution >= 4 is 11.3 Å². The maximum atomic E-state index is 5.69. The van der Waals surface area contributed by atoms with E-state index in [1.807, 2.05) is 14.2 Å². The van der Waals surface area contributed by atoms with Crippen molar-refractivity contribution in [3.8, 4) is 0 Å². The molecule has 1 saturated carbocycles. The summed E-state index contributed by atoms with van der Waals surface area (Å²) < 4.78 is 5.69. The van der Waals surface area contributed by atoms with Gasteiger partial charge in [0.1, 0.15) is 11.1 Å². The summed E-state index contributed by atoms with van der Waals surface area (Å²) >= 11 is 1.74. The maximum Gasteiger partial charge on any atom is 0.122 e. The fourth-order valence-corrected chi connectivity index (χ4v) is 3.63. The van der Waals surface area contributed by atoms with Crippen LogP contribution in [0.25, 0.3) is 0 Å². The normalized spacial score (nSPS) is 19.4. The zero-order chi connectivity index (χ0) is 12.1. The SMILES string of the molecule is CNCc1csc(C(OC)C2CCCCC2)n1. The van der Waals surface area contributed by atoms with Crippen molar-refractivity contribution in [3.05, 3.63) is 16.1 Å². The van der Waals surface area contributed by atoms with E-state index in [9.17, 15) is 0 Å². The molecule has 0 aromatic carbocycles. The molecule has 0 spiro atoms. The summed E-state index contributed by atoms with van der Waals surface area (Å²) in [5.74, 6) is 0.669. The Morgan fingerprint density at radius 3 is 2.88 bits per heavy atom. The van der Waals surface area contributed by atoms with Gasteiger partial charge in [0.2, 0.25) is 0 Å². The number of nitrogens with zero attached hydrogens (tertiary/aromatic N) is 1. The second kappa shape index (κ2) is 6.47. The van der Waals surface area contributed by atoms with E-state index in [4.69, 9.17) is 4.74 Å². The van der Waals surface area contributed by atoms with Gasteiger partial charge in [0, 0.05) is 19.0 Å². The average Bonchev–Trinajstić information content (AvgIpc) is 2.81. The van der Waals surface area contributed by atoms with Crippen molar-refractivity contribution in [2.75, 3.05) is 14.2 Å². The highest BCUT2D eigenvalue weighted by molar-refractivity contribution is 7.09. The molecule has 1 N–H and O–H groups in total. The van der Waals surface area contributed by atoms with E-state index in [1.165, 1.54) is 32.1 Å². The Morgan fingerprint density at radius 2 is 2.24 bits per heavy atom. The highest BCUT2D eigenvalue weighted by Crippen LogP contribution is 2.37. The first-order valence-corrected chi connectivity index (χ1v) is 7.34. The Bertz CT molecular complexity index is 334. The van der Waals surface area contributed by atoms with Crippen LogP contribution < -0.4 is 5.32 Å². The summed E-state index contributed by atoms with van der Waals surface area (Å²) in [4.78, 5) is 4.68. The van der Waals surface area contributed by atoms with Crippen molar-refractivity contribution in [1.29, 1.82) is 0 Å². The van der Waals surface area contributed by atoms with Gasteiger partial charge in [-0.3, -0.25) is 0 Å². The van der Waals surface area contributed by atoms with Crippen LogP contribution in [0.1, 0.15) is 48.9 Å². The second-order valence-corrected chi connectivity index (χ2v) is 5.65. The van der Waals surface area contributed by atoms with Gasteiger partial charge >= 0.3 is 0 Å². The number of thiazole rings is 1. The molecule has 0 bridgehead atoms. The third-order valence-electron chi connectivity index (χ3n) is 3.50. The minimum atomic E-state index is 0.214. The molecule has 3 nitrogen and oxygen atoms in total. The van der Waals surface area contributed by atoms with Crippen LogP contribution in [0.3, 0.4) is 0 Å². The summed E-state index contributed by atoms with van der Waals surface area (Å²) in [5.41, 5.74) is 1.13. The third kappa shape index (κ3) is 3.27. The molecule has 4 heteroatoms. The van der Waals surface area contributed by atoms with E-state index < -0.39 is 0 Å². The molecular formula is C13H22N2OS. The van der Waals surface area contributed by atoms with Gasteiger partial charge in [-0.15, -0.1) is 11.3 Å². The van der Waals surface area contributed by atoms with E-state index >= 15 is 0 Å². The lowest BCUT2D eigenvalue weighted by Crippen LogP contribution is -2.18. The average molecular weight is 254 g/mol. The molecule has 1 heterocycles. The number of hydrogen-bond acceptors (Lipinski definition) is 4. The van der Waals surface area contributed by atoms with Crippen LogP contribution in [-0.2, 0) is 11.3 Å². The van der Waals surface area contributed by atoms with E-state index in [2.05, 4.69) is 15.7 Å². The molecule has 96 valence electrons. The molecule has 1 atom stereocenters. The summed E-state index contributed by atoms with van der Waals surface area (Å²) in [6.45, 7) is 0.845. The van der Waals surface area contributed by atoms with Crippen molar-refractivity contribution in [3.63, 3.8) is 0 Å². The largest absolute Gasteiger partial charge is 0.374 e. The first kappa shape index (κ1) is 13.0. The van der Waals surface area contributed by atoms with Crippen LogP contribution in [0.2, 0.25) is 0 Å². The Morgan fingerprint density at radius 1 is 1.47 bits per heavy atom. The Balaban J connectivity index is 2.04. The first-order chi connectivity index (χ1) is 8.35. The lowest BCUT2D eigenvalue weighted by Gasteiger charge is -2.27. The fraction of sp³-hybridized carbons (Fsp3) is 0.769. The van der Waals surface area contributed by atoms with Crippen molar-refractivity contribution in [2.24, 2.45) is 5.92 Å². The zero-order valence-corrected chi connectivity index (χ0v) is 11.6. The van der Waals surface area contributed by atoms with Gasteiger partial charge in [-0.2, -0.15) is 0 Å². The van der Waals surface area contributed by atoms with Gasteiger partial charge in [0.05, 0.1) is 5.69 Å². The molecule has 0 amide bonds. The fourth-order valence-electron chi connectivity index (χ4n) is 2.65. The van der Waals surface area contributed by atoms with Gasteiger partial charge in [0.15, 0.2) is 0 Å². The molecule has 0 aliphatic heterocycles. The smallest absolute Gasteiger partial charge is 0.122 e. The van der Waals surface area contributed by atoms with Gasteiger partial charge in [0.25, 0.3) is 0 Å². The summed E-state index contributed by atoms with van der Waals surface area (Å²) in [6.07, 6.45) is 6.87. The van der Waals surface area contributed by atoms with E-state index in [0.717, 1.165) is 17.2 Å². The lowest BCUT2D eigenvalue weighted by atomic mass is 9.85. The van der Waals surface area contributed by atoms with E-state index in [-0.39, 0.29) is 6.10 Å². The number of methoxy groups -OCH3 is 1. The monoisotopic (exact) mass is 254 g/mol. The molecule has 1 aromatic rings. The summed E-state index contributed by atoms with van der Waals surface area (Å²) in [5, 5.41) is 6.43. The van der Waals surface area contributed by atoms with Crippen LogP contribution in [0.4, 0.5) is 0 Å². The molecular weight excluding hydrogens is 232 g/mol. The second-order valence-electron chi connectivity index (χ2n) is 4.76. The zero-order valence-electron chi connectivity index (χ0n) is 10.7. The topological polar surface area (TPSA) is 34.1 Å². The van der Waals surface area contributed by atoms with Crippen LogP contribution in [-0.4, -0.2) is 19.1 Å². The Labute approximate surface area is 108 Å². The summed E-state index contributed by atoms with van der Waals surface area (Å²) in [6, 6.07) is 0. The van der Waals surface area contributed by atoms with Crippen LogP contribution in [0.5, 0.6) is 0 Å². The standard InChI is InChI=1S/C13H22N2OS/c1-14-8-11-9-17-13(15-11)12(16-2)10-6-4-3-5-7-10/h9-10,12,14H,3-8H2,1-2H3. The van der Waals surface area contributed by atoms with E-state index in [1.54, 1.807) is 11.3 Å². The van der Waals surface area contributed by atoms with Gasteiger partial charge < -0.3 is 10.1 Å². The highest BCUT2D eigenvalue weighted by atomic mass is 32.1. The predicted octanol–water partition coefficient (Wildman–Crippen LogP) is 3.13. The molecule has 1 aliphatic carbocycles. The summed E-state index contributed by atoms with van der Waals surface area (Å²) in [7, 11) is 3.77. The predicted molar refractivity (Wildman–Crippen MR) is 71.2 cm³/mol. The van der Waals surface area contributed by atoms with Crippen LogP contribution >= 0.6 is 11.3 Å². The third-order valence-corrected chi connectivity index (χ3v) is 4.46. The molecule has 1 unspecified atom stereocenters. The quantitative estimate of drug-likeness (QED) is 0.876. The van der Waals surface area contributed by atoms with Crippen molar-refractivity contribution in [1.82, 2.24) is 10.3 Å². The molecule has 1 aromatic heterocycles. The number of nitrogens with one attached hydrogen (secondary N) is 1. The number of rotatable bonds is 5.